The van der Waals surface area contributed by atoms with Gasteiger partial charge >= 0.3 is 5.97 Å². The van der Waals surface area contributed by atoms with Crippen molar-refractivity contribution < 1.29 is 30.0 Å². The molecule has 0 aromatic heterocycles. The number of aliphatic hydroxyl groups is 4. The molecule has 0 saturated carbocycles. The van der Waals surface area contributed by atoms with Crippen LogP contribution >= 0.6 is 0 Å². The van der Waals surface area contributed by atoms with Crippen molar-refractivity contribution in [2.45, 2.75) is 18.3 Å². The highest BCUT2D eigenvalue weighted by molar-refractivity contribution is 6.38. The van der Waals surface area contributed by atoms with Crippen LogP contribution in [0.4, 0.5) is 5.69 Å². The zero-order valence-corrected chi connectivity index (χ0v) is 11.4. The van der Waals surface area contributed by atoms with E-state index in [1.54, 1.807) is 30.3 Å². The molecule has 1 aromatic rings. The number of hydrogen-bond acceptors (Lipinski definition) is 8. The molecule has 1 rings (SSSR count). The van der Waals surface area contributed by atoms with Crippen LogP contribution in [-0.2, 0) is 9.53 Å². The van der Waals surface area contributed by atoms with Gasteiger partial charge in [0.15, 0.2) is 5.71 Å². The summed E-state index contributed by atoms with van der Waals surface area (Å²) in [6, 6.07) is 8.59. The first-order valence-corrected chi connectivity index (χ1v) is 6.13. The van der Waals surface area contributed by atoms with E-state index in [0.29, 0.717) is 5.69 Å². The minimum absolute atomic E-state index is 0.527. The van der Waals surface area contributed by atoms with Crippen LogP contribution in [-0.4, -0.2) is 64.1 Å². The van der Waals surface area contributed by atoms with Gasteiger partial charge in [0.1, 0.15) is 18.3 Å². The zero-order valence-electron chi connectivity index (χ0n) is 11.4. The Labute approximate surface area is 121 Å². The van der Waals surface area contributed by atoms with Crippen LogP contribution in [0.3, 0.4) is 0 Å². The van der Waals surface area contributed by atoms with Crippen LogP contribution in [0.1, 0.15) is 0 Å². The molecular weight excluding hydrogens is 280 g/mol. The maximum atomic E-state index is 11.6. The SMILES string of the molecule is COC(=O)/C(=N\Nc1ccccc1)[C@@H](O)[C@H](O)[C@H](O)CO. The van der Waals surface area contributed by atoms with E-state index in [2.05, 4.69) is 15.3 Å². The maximum absolute atomic E-state index is 11.6. The largest absolute Gasteiger partial charge is 0.464 e. The van der Waals surface area contributed by atoms with Gasteiger partial charge in [-0.2, -0.15) is 5.10 Å². The molecule has 0 unspecified atom stereocenters. The first kappa shape index (κ1) is 17.1. The Morgan fingerprint density at radius 3 is 2.43 bits per heavy atom. The van der Waals surface area contributed by atoms with Crippen LogP contribution in [0.2, 0.25) is 0 Å². The van der Waals surface area contributed by atoms with Crippen LogP contribution in [0.15, 0.2) is 35.4 Å². The van der Waals surface area contributed by atoms with E-state index in [1.807, 2.05) is 0 Å². The van der Waals surface area contributed by atoms with Crippen molar-refractivity contribution in [1.82, 2.24) is 0 Å². The van der Waals surface area contributed by atoms with Gasteiger partial charge in [-0.25, -0.2) is 4.79 Å². The van der Waals surface area contributed by atoms with Crippen molar-refractivity contribution in [3.8, 4) is 0 Å². The second-order valence-corrected chi connectivity index (χ2v) is 4.15. The Morgan fingerprint density at radius 1 is 1.29 bits per heavy atom. The summed E-state index contributed by atoms with van der Waals surface area (Å²) in [6.07, 6.45) is -5.23. The summed E-state index contributed by atoms with van der Waals surface area (Å²) in [5.74, 6) is -0.977. The number of anilines is 1. The van der Waals surface area contributed by atoms with E-state index < -0.39 is 36.6 Å². The van der Waals surface area contributed by atoms with Crippen molar-refractivity contribution in [3.63, 3.8) is 0 Å². The Morgan fingerprint density at radius 2 is 1.90 bits per heavy atom. The number of benzene rings is 1. The number of esters is 1. The van der Waals surface area contributed by atoms with Gasteiger partial charge in [-0.15, -0.1) is 0 Å². The molecule has 0 heterocycles. The van der Waals surface area contributed by atoms with Crippen molar-refractivity contribution in [1.29, 1.82) is 0 Å². The molecule has 0 saturated heterocycles. The van der Waals surface area contributed by atoms with Gasteiger partial charge in [-0.05, 0) is 12.1 Å². The summed E-state index contributed by atoms with van der Waals surface area (Å²) in [6.45, 7) is -0.779. The summed E-state index contributed by atoms with van der Waals surface area (Å²) in [4.78, 5) is 11.6. The van der Waals surface area contributed by atoms with Crippen LogP contribution in [0.5, 0.6) is 0 Å². The number of carbonyl (C=O) groups is 1. The van der Waals surface area contributed by atoms with Crippen molar-refractivity contribution in [2.75, 3.05) is 19.1 Å². The molecule has 0 spiro atoms. The number of ether oxygens (including phenoxy) is 1. The van der Waals surface area contributed by atoms with Gasteiger partial charge in [0, 0.05) is 0 Å². The number of aliphatic hydroxyl groups excluding tert-OH is 4. The molecular formula is C13H18N2O6. The number of nitrogens with zero attached hydrogens (tertiary/aromatic N) is 1. The van der Waals surface area contributed by atoms with Gasteiger partial charge in [0.2, 0.25) is 0 Å². The van der Waals surface area contributed by atoms with Gasteiger partial charge in [0.25, 0.3) is 0 Å². The maximum Gasteiger partial charge on any atom is 0.357 e. The smallest absolute Gasteiger partial charge is 0.357 e. The summed E-state index contributed by atoms with van der Waals surface area (Å²) in [5.41, 5.74) is 2.54. The number of rotatable bonds is 7. The van der Waals surface area contributed by atoms with E-state index in [1.165, 1.54) is 0 Å². The van der Waals surface area contributed by atoms with Crippen LogP contribution in [0, 0.1) is 0 Å². The third-order valence-electron chi connectivity index (χ3n) is 2.66. The molecule has 8 heteroatoms. The predicted octanol–water partition coefficient (Wildman–Crippen LogP) is -1.30. The first-order valence-electron chi connectivity index (χ1n) is 6.13. The fourth-order valence-corrected chi connectivity index (χ4v) is 1.45. The molecule has 8 nitrogen and oxygen atoms in total. The average Bonchev–Trinajstić information content (AvgIpc) is 2.53. The molecule has 21 heavy (non-hydrogen) atoms. The Hall–Kier alpha value is -2.00. The highest BCUT2D eigenvalue weighted by Gasteiger charge is 2.33. The molecule has 0 aliphatic rings. The van der Waals surface area contributed by atoms with Gasteiger partial charge in [0.05, 0.1) is 19.4 Å². The normalized spacial score (nSPS) is 16.0. The van der Waals surface area contributed by atoms with Crippen LogP contribution in [0.25, 0.3) is 0 Å². The fourth-order valence-electron chi connectivity index (χ4n) is 1.45. The summed E-state index contributed by atoms with van der Waals surface area (Å²) in [5, 5.41) is 41.2. The predicted molar refractivity (Wildman–Crippen MR) is 74.6 cm³/mol. The average molecular weight is 298 g/mol. The zero-order chi connectivity index (χ0) is 15.8. The number of nitrogens with one attached hydrogen (secondary N) is 1. The fraction of sp³-hybridized carbons (Fsp3) is 0.385. The molecule has 5 N–H and O–H groups in total. The minimum atomic E-state index is -1.82. The third-order valence-corrected chi connectivity index (χ3v) is 2.66. The first-order chi connectivity index (χ1) is 10.0. The molecule has 0 aliphatic carbocycles. The molecule has 0 fully saturated rings. The summed E-state index contributed by atoms with van der Waals surface area (Å²) >= 11 is 0. The lowest BCUT2D eigenvalue weighted by molar-refractivity contribution is -0.134. The van der Waals surface area contributed by atoms with E-state index in [-0.39, 0.29) is 0 Å². The van der Waals surface area contributed by atoms with Gasteiger partial charge in [-0.1, -0.05) is 18.2 Å². The lowest BCUT2D eigenvalue weighted by Crippen LogP contribution is -2.46. The van der Waals surface area contributed by atoms with Crippen molar-refractivity contribution in [3.05, 3.63) is 30.3 Å². The van der Waals surface area contributed by atoms with E-state index in [4.69, 9.17) is 5.11 Å². The lowest BCUT2D eigenvalue weighted by Gasteiger charge is -2.21. The Bertz CT molecular complexity index is 479. The topological polar surface area (TPSA) is 132 Å². The quantitative estimate of drug-likeness (QED) is 0.240. The second-order valence-electron chi connectivity index (χ2n) is 4.15. The van der Waals surface area contributed by atoms with E-state index >= 15 is 0 Å². The molecule has 3 atom stereocenters. The Balaban J connectivity index is 2.92. The Kier molecular flexibility index (Phi) is 6.76. The monoisotopic (exact) mass is 298 g/mol. The van der Waals surface area contributed by atoms with Crippen LogP contribution < -0.4 is 5.43 Å². The van der Waals surface area contributed by atoms with Gasteiger partial charge < -0.3 is 25.2 Å². The third kappa shape index (κ3) is 4.80. The number of para-hydroxylation sites is 1. The number of methoxy groups -OCH3 is 1. The molecule has 116 valence electrons. The highest BCUT2D eigenvalue weighted by atomic mass is 16.5. The second kappa shape index (κ2) is 8.32. The molecule has 0 radical (unpaired) electrons. The molecule has 1 aromatic carbocycles. The van der Waals surface area contributed by atoms with Crippen molar-refractivity contribution >= 4 is 17.4 Å². The van der Waals surface area contributed by atoms with Gasteiger partial charge in [-0.3, -0.25) is 5.43 Å². The molecule has 0 amide bonds. The summed E-state index contributed by atoms with van der Waals surface area (Å²) in [7, 11) is 1.09. The van der Waals surface area contributed by atoms with Crippen molar-refractivity contribution in [2.24, 2.45) is 5.10 Å². The summed E-state index contributed by atoms with van der Waals surface area (Å²) < 4.78 is 4.46. The molecule has 0 bridgehead atoms. The van der Waals surface area contributed by atoms with E-state index in [9.17, 15) is 20.1 Å². The standard InChI is InChI=1S/C13H18N2O6/c1-21-13(20)10(12(19)11(18)9(17)7-16)15-14-8-5-3-2-4-6-8/h2-6,9,11-12,14,16-19H,7H2,1H3/b15-10-/t9-,11-,12-/m1/s1. The lowest BCUT2D eigenvalue weighted by atomic mass is 10.0. The number of carbonyl (C=O) groups excluding carboxylic acids is 1. The minimum Gasteiger partial charge on any atom is -0.464 e. The number of hydrazone groups is 1. The molecule has 0 aliphatic heterocycles. The highest BCUT2D eigenvalue weighted by Crippen LogP contribution is 2.08. The number of hydrogen-bond donors (Lipinski definition) is 5. The van der Waals surface area contributed by atoms with E-state index in [0.717, 1.165) is 7.11 Å².